The Morgan fingerprint density at radius 1 is 1.39 bits per heavy atom. The first-order chi connectivity index (χ1) is 11.1. The topological polar surface area (TPSA) is 87.4 Å². The van der Waals surface area contributed by atoms with Crippen molar-refractivity contribution >= 4 is 6.03 Å². The first-order valence-electron chi connectivity index (χ1n) is 8.71. The van der Waals surface area contributed by atoms with Gasteiger partial charge in [-0.3, -0.25) is 0 Å². The molecule has 1 saturated carbocycles. The SMILES string of the molecule is CC(C)c1cc(CNC(=O)NC(CCO)C2CCCCC2)on1. The van der Waals surface area contributed by atoms with Gasteiger partial charge in [0.15, 0.2) is 5.76 Å². The first-order valence-corrected chi connectivity index (χ1v) is 8.71. The van der Waals surface area contributed by atoms with Gasteiger partial charge in [-0.2, -0.15) is 0 Å². The van der Waals surface area contributed by atoms with Crippen molar-refractivity contribution in [2.45, 2.75) is 70.9 Å². The predicted molar refractivity (Wildman–Crippen MR) is 88.0 cm³/mol. The maximum atomic E-state index is 12.1. The van der Waals surface area contributed by atoms with E-state index in [0.29, 0.717) is 30.6 Å². The molecule has 1 fully saturated rings. The number of urea groups is 1. The van der Waals surface area contributed by atoms with Gasteiger partial charge in [0, 0.05) is 18.7 Å². The smallest absolute Gasteiger partial charge is 0.315 e. The van der Waals surface area contributed by atoms with Gasteiger partial charge in [-0.05, 0) is 31.1 Å². The standard InChI is InChI=1S/C17H29N3O3/c1-12(2)16-10-14(23-20-16)11-18-17(22)19-15(8-9-21)13-6-4-3-5-7-13/h10,12-13,15,21H,3-9,11H2,1-2H3,(H2,18,19,22). The van der Waals surface area contributed by atoms with E-state index in [1.807, 2.05) is 19.9 Å². The second-order valence-corrected chi connectivity index (χ2v) is 6.72. The summed E-state index contributed by atoms with van der Waals surface area (Å²) in [5, 5.41) is 19.1. The lowest BCUT2D eigenvalue weighted by atomic mass is 9.83. The number of amides is 2. The van der Waals surface area contributed by atoms with E-state index < -0.39 is 0 Å². The van der Waals surface area contributed by atoms with Gasteiger partial charge in [0.05, 0.1) is 12.2 Å². The normalized spacial score (nSPS) is 17.2. The van der Waals surface area contributed by atoms with Crippen molar-refractivity contribution in [1.82, 2.24) is 15.8 Å². The van der Waals surface area contributed by atoms with Crippen molar-refractivity contribution in [1.29, 1.82) is 0 Å². The minimum Gasteiger partial charge on any atom is -0.396 e. The third kappa shape index (κ3) is 5.53. The molecule has 1 heterocycles. The van der Waals surface area contributed by atoms with E-state index in [2.05, 4.69) is 15.8 Å². The number of rotatable bonds is 7. The summed E-state index contributed by atoms with van der Waals surface area (Å²) in [6, 6.07) is 1.70. The summed E-state index contributed by atoms with van der Waals surface area (Å²) in [5.41, 5.74) is 0.891. The first kappa shape index (κ1) is 17.8. The fourth-order valence-electron chi connectivity index (χ4n) is 3.17. The summed E-state index contributed by atoms with van der Waals surface area (Å²) < 4.78 is 5.21. The highest BCUT2D eigenvalue weighted by Crippen LogP contribution is 2.27. The highest BCUT2D eigenvalue weighted by Gasteiger charge is 2.24. The number of aliphatic hydroxyl groups excluding tert-OH is 1. The zero-order valence-corrected chi connectivity index (χ0v) is 14.2. The van der Waals surface area contributed by atoms with Gasteiger partial charge in [-0.1, -0.05) is 38.3 Å². The Hall–Kier alpha value is -1.56. The quantitative estimate of drug-likeness (QED) is 0.720. The van der Waals surface area contributed by atoms with Crippen LogP contribution in [-0.2, 0) is 6.54 Å². The van der Waals surface area contributed by atoms with Crippen LogP contribution in [0, 0.1) is 5.92 Å². The van der Waals surface area contributed by atoms with Crippen molar-refractivity contribution in [3.63, 3.8) is 0 Å². The molecular weight excluding hydrogens is 294 g/mol. The van der Waals surface area contributed by atoms with Crippen LogP contribution in [0.3, 0.4) is 0 Å². The third-order valence-corrected chi connectivity index (χ3v) is 4.57. The molecule has 0 aliphatic heterocycles. The lowest BCUT2D eigenvalue weighted by molar-refractivity contribution is 0.196. The Morgan fingerprint density at radius 3 is 2.74 bits per heavy atom. The van der Waals surface area contributed by atoms with Crippen molar-refractivity contribution in [2.75, 3.05) is 6.61 Å². The molecule has 130 valence electrons. The van der Waals surface area contributed by atoms with Crippen molar-refractivity contribution in [3.05, 3.63) is 17.5 Å². The molecule has 1 unspecified atom stereocenters. The molecule has 1 aromatic heterocycles. The average molecular weight is 323 g/mol. The Balaban J connectivity index is 1.80. The number of nitrogens with one attached hydrogen (secondary N) is 2. The van der Waals surface area contributed by atoms with Gasteiger partial charge in [0.2, 0.25) is 0 Å². The van der Waals surface area contributed by atoms with Crippen LogP contribution >= 0.6 is 0 Å². The average Bonchev–Trinajstić information content (AvgIpc) is 3.03. The second-order valence-electron chi connectivity index (χ2n) is 6.72. The zero-order valence-electron chi connectivity index (χ0n) is 14.2. The molecule has 0 spiro atoms. The lowest BCUT2D eigenvalue weighted by Gasteiger charge is -2.30. The summed E-state index contributed by atoms with van der Waals surface area (Å²) in [6.07, 6.45) is 6.57. The van der Waals surface area contributed by atoms with E-state index in [0.717, 1.165) is 18.5 Å². The molecule has 6 nitrogen and oxygen atoms in total. The van der Waals surface area contributed by atoms with Gasteiger partial charge in [0.25, 0.3) is 0 Å². The van der Waals surface area contributed by atoms with E-state index in [1.54, 1.807) is 0 Å². The van der Waals surface area contributed by atoms with Crippen LogP contribution in [0.5, 0.6) is 0 Å². The molecule has 1 atom stereocenters. The van der Waals surface area contributed by atoms with Crippen LogP contribution in [0.1, 0.15) is 69.7 Å². The molecular formula is C17H29N3O3. The van der Waals surface area contributed by atoms with E-state index in [1.165, 1.54) is 19.3 Å². The van der Waals surface area contributed by atoms with Gasteiger partial charge < -0.3 is 20.3 Å². The van der Waals surface area contributed by atoms with Gasteiger partial charge in [0.1, 0.15) is 0 Å². The molecule has 23 heavy (non-hydrogen) atoms. The Bertz CT molecular complexity index is 481. The number of carbonyl (C=O) groups excluding carboxylic acids is 1. The van der Waals surface area contributed by atoms with Crippen molar-refractivity contribution in [3.8, 4) is 0 Å². The summed E-state index contributed by atoms with van der Waals surface area (Å²) in [4.78, 5) is 12.1. The monoisotopic (exact) mass is 323 g/mol. The predicted octanol–water partition coefficient (Wildman–Crippen LogP) is 2.93. The fraction of sp³-hybridized carbons (Fsp3) is 0.765. The second kappa shape index (κ2) is 8.91. The zero-order chi connectivity index (χ0) is 16.7. The summed E-state index contributed by atoms with van der Waals surface area (Å²) >= 11 is 0. The van der Waals surface area contributed by atoms with E-state index >= 15 is 0 Å². The lowest BCUT2D eigenvalue weighted by Crippen LogP contribution is -2.46. The molecule has 1 aromatic rings. The molecule has 2 rings (SSSR count). The molecule has 0 bridgehead atoms. The van der Waals surface area contributed by atoms with Crippen LogP contribution in [0.25, 0.3) is 0 Å². The van der Waals surface area contributed by atoms with Gasteiger partial charge >= 0.3 is 6.03 Å². The molecule has 2 amide bonds. The van der Waals surface area contributed by atoms with E-state index in [9.17, 15) is 9.90 Å². The Labute approximate surface area is 138 Å². The minimum atomic E-state index is -0.212. The molecule has 6 heteroatoms. The van der Waals surface area contributed by atoms with Gasteiger partial charge in [-0.25, -0.2) is 4.79 Å². The molecule has 1 aliphatic rings. The molecule has 0 aromatic carbocycles. The highest BCUT2D eigenvalue weighted by atomic mass is 16.5. The number of nitrogens with zero attached hydrogens (tertiary/aromatic N) is 1. The number of hydrogen-bond acceptors (Lipinski definition) is 4. The van der Waals surface area contributed by atoms with Crippen molar-refractivity contribution < 1.29 is 14.4 Å². The van der Waals surface area contributed by atoms with Crippen LogP contribution in [0.2, 0.25) is 0 Å². The molecule has 3 N–H and O–H groups in total. The molecule has 0 radical (unpaired) electrons. The van der Waals surface area contributed by atoms with E-state index in [-0.39, 0.29) is 18.7 Å². The highest BCUT2D eigenvalue weighted by molar-refractivity contribution is 5.74. The Kier molecular flexibility index (Phi) is 6.89. The summed E-state index contributed by atoms with van der Waals surface area (Å²) in [6.45, 7) is 4.51. The summed E-state index contributed by atoms with van der Waals surface area (Å²) in [7, 11) is 0. The number of carbonyl (C=O) groups is 1. The largest absolute Gasteiger partial charge is 0.396 e. The molecule has 0 saturated heterocycles. The summed E-state index contributed by atoms with van der Waals surface area (Å²) in [5.74, 6) is 1.43. The molecule has 1 aliphatic carbocycles. The Morgan fingerprint density at radius 2 is 2.13 bits per heavy atom. The van der Waals surface area contributed by atoms with E-state index in [4.69, 9.17) is 4.52 Å². The third-order valence-electron chi connectivity index (χ3n) is 4.57. The van der Waals surface area contributed by atoms with Crippen LogP contribution in [0.15, 0.2) is 10.6 Å². The number of aromatic nitrogens is 1. The minimum absolute atomic E-state index is 0.0428. The van der Waals surface area contributed by atoms with Gasteiger partial charge in [-0.15, -0.1) is 0 Å². The van der Waals surface area contributed by atoms with Crippen molar-refractivity contribution in [2.24, 2.45) is 5.92 Å². The number of aliphatic hydroxyl groups is 1. The maximum absolute atomic E-state index is 12.1. The van der Waals surface area contributed by atoms with Crippen LogP contribution < -0.4 is 10.6 Å². The van der Waals surface area contributed by atoms with Crippen LogP contribution in [-0.4, -0.2) is 28.9 Å². The van der Waals surface area contributed by atoms with Crippen LogP contribution in [0.4, 0.5) is 4.79 Å². The number of hydrogen-bond donors (Lipinski definition) is 3. The fourth-order valence-corrected chi connectivity index (χ4v) is 3.17. The maximum Gasteiger partial charge on any atom is 0.315 e.